The fourth-order valence-electron chi connectivity index (χ4n) is 3.04. The van der Waals surface area contributed by atoms with Crippen molar-refractivity contribution < 1.29 is 23.1 Å². The molecule has 0 saturated heterocycles. The highest BCUT2D eigenvalue weighted by atomic mass is 31.2. The maximum Gasteiger partial charge on any atom is 0.464 e. The Labute approximate surface area is 192 Å². The fourth-order valence-corrected chi connectivity index (χ4v) is 4.77. The molecule has 166 valence electrons. The molecule has 0 bridgehead atoms. The number of hydrogen-bond donors (Lipinski definition) is 1. The highest BCUT2D eigenvalue weighted by Gasteiger charge is 2.34. The predicted octanol–water partition coefficient (Wildman–Crippen LogP) is 6.41. The lowest BCUT2D eigenvalue weighted by Crippen LogP contribution is -2.22. The van der Waals surface area contributed by atoms with E-state index in [9.17, 15) is 9.36 Å². The van der Waals surface area contributed by atoms with Crippen LogP contribution in [0.4, 0.5) is 10.5 Å². The zero-order valence-corrected chi connectivity index (χ0v) is 18.6. The van der Waals surface area contributed by atoms with E-state index in [1.165, 1.54) is 0 Å². The van der Waals surface area contributed by atoms with Gasteiger partial charge in [-0.1, -0.05) is 78.9 Å². The molecule has 0 spiro atoms. The molecule has 7 heteroatoms. The number of amides is 1. The summed E-state index contributed by atoms with van der Waals surface area (Å²) in [5.41, 5.74) is 1.12. The topological polar surface area (TPSA) is 73.9 Å². The average Bonchev–Trinajstić information content (AvgIpc) is 2.85. The maximum absolute atomic E-state index is 14.1. The molecule has 0 aliphatic carbocycles. The molecule has 0 radical (unpaired) electrons. The van der Waals surface area contributed by atoms with E-state index in [0.29, 0.717) is 11.5 Å². The van der Waals surface area contributed by atoms with Gasteiger partial charge in [-0.2, -0.15) is 0 Å². The molecule has 4 aromatic rings. The van der Waals surface area contributed by atoms with E-state index in [4.69, 9.17) is 13.8 Å². The molecule has 1 N–H and O–H groups in total. The van der Waals surface area contributed by atoms with Crippen LogP contribution < -0.4 is 19.7 Å². The van der Waals surface area contributed by atoms with Crippen molar-refractivity contribution in [2.75, 3.05) is 5.32 Å². The summed E-state index contributed by atoms with van der Waals surface area (Å²) in [6, 6.07) is 33.4. The quantitative estimate of drug-likeness (QED) is 0.308. The molecule has 33 heavy (non-hydrogen) atoms. The zero-order valence-electron chi connectivity index (χ0n) is 17.7. The number of benzene rings is 4. The number of nitrogens with one attached hydrogen (secondary N) is 1. The van der Waals surface area contributed by atoms with E-state index in [1.54, 1.807) is 72.8 Å². The maximum atomic E-state index is 14.1. The van der Waals surface area contributed by atoms with Gasteiger partial charge in [-0.25, -0.2) is 9.36 Å². The first-order valence-electron chi connectivity index (χ1n) is 10.3. The van der Waals surface area contributed by atoms with Crippen LogP contribution in [0.15, 0.2) is 115 Å². The van der Waals surface area contributed by atoms with Gasteiger partial charge in [0.05, 0.1) is 5.69 Å². The van der Waals surface area contributed by atoms with Crippen LogP contribution in [-0.4, -0.2) is 6.09 Å². The lowest BCUT2D eigenvalue weighted by molar-refractivity contribution is 0.155. The van der Waals surface area contributed by atoms with Crippen molar-refractivity contribution in [3.63, 3.8) is 0 Å². The summed E-state index contributed by atoms with van der Waals surface area (Å²) in [6.45, 7) is 0.105. The number of hydrogen-bond acceptors (Lipinski definition) is 5. The summed E-state index contributed by atoms with van der Waals surface area (Å²) >= 11 is 0. The summed E-state index contributed by atoms with van der Waals surface area (Å²) in [5.74, 6) is 0.747. The number of rotatable bonds is 8. The van der Waals surface area contributed by atoms with Gasteiger partial charge in [-0.3, -0.25) is 5.32 Å². The van der Waals surface area contributed by atoms with Crippen molar-refractivity contribution in [1.82, 2.24) is 0 Å². The van der Waals surface area contributed by atoms with Crippen LogP contribution in [0.1, 0.15) is 5.56 Å². The van der Waals surface area contributed by atoms with E-state index in [2.05, 4.69) is 5.32 Å². The second-order valence-electron chi connectivity index (χ2n) is 7.01. The molecule has 0 saturated carbocycles. The van der Waals surface area contributed by atoms with Gasteiger partial charge in [0.25, 0.3) is 0 Å². The molecular weight excluding hydrogens is 437 g/mol. The van der Waals surface area contributed by atoms with Crippen molar-refractivity contribution in [3.8, 4) is 11.5 Å². The molecule has 0 aromatic heterocycles. The Morgan fingerprint density at radius 3 is 1.73 bits per heavy atom. The summed E-state index contributed by atoms with van der Waals surface area (Å²) in [7, 11) is -3.96. The van der Waals surface area contributed by atoms with Crippen LogP contribution >= 0.6 is 7.60 Å². The van der Waals surface area contributed by atoms with Gasteiger partial charge < -0.3 is 13.8 Å². The number of ether oxygens (including phenoxy) is 1. The van der Waals surface area contributed by atoms with Crippen molar-refractivity contribution in [1.29, 1.82) is 0 Å². The molecule has 1 amide bonds. The monoisotopic (exact) mass is 459 g/mol. The zero-order chi connectivity index (χ0) is 22.9. The third kappa shape index (κ3) is 6.03. The molecule has 4 aromatic carbocycles. The van der Waals surface area contributed by atoms with E-state index in [1.807, 2.05) is 42.5 Å². The van der Waals surface area contributed by atoms with Crippen molar-refractivity contribution in [2.45, 2.75) is 6.61 Å². The van der Waals surface area contributed by atoms with Gasteiger partial charge in [0.2, 0.25) is 0 Å². The first kappa shape index (κ1) is 22.2. The van der Waals surface area contributed by atoms with Gasteiger partial charge >= 0.3 is 13.7 Å². The number of carbonyl (C=O) groups is 1. The molecule has 0 fully saturated rings. The smallest absolute Gasteiger partial charge is 0.444 e. The minimum Gasteiger partial charge on any atom is -0.444 e. The molecule has 0 aliphatic heterocycles. The molecule has 0 aliphatic rings. The van der Waals surface area contributed by atoms with Crippen LogP contribution in [0.25, 0.3) is 0 Å². The van der Waals surface area contributed by atoms with E-state index < -0.39 is 13.7 Å². The minimum atomic E-state index is -3.96. The molecule has 6 nitrogen and oxygen atoms in total. The first-order chi connectivity index (χ1) is 16.1. The third-order valence-electron chi connectivity index (χ3n) is 4.59. The lowest BCUT2D eigenvalue weighted by Gasteiger charge is -2.22. The van der Waals surface area contributed by atoms with Gasteiger partial charge in [0.15, 0.2) is 0 Å². The lowest BCUT2D eigenvalue weighted by atomic mass is 10.2. The molecular formula is C26H22NO5P. The second-order valence-corrected chi connectivity index (χ2v) is 8.85. The summed E-state index contributed by atoms with van der Waals surface area (Å²) in [5, 5.41) is 2.87. The third-order valence-corrected chi connectivity index (χ3v) is 6.47. The van der Waals surface area contributed by atoms with Gasteiger partial charge in [-0.05, 0) is 42.0 Å². The Morgan fingerprint density at radius 2 is 1.15 bits per heavy atom. The normalized spacial score (nSPS) is 10.8. The van der Waals surface area contributed by atoms with Crippen LogP contribution in [0.2, 0.25) is 0 Å². The fraction of sp³-hybridized carbons (Fsp3) is 0.0385. The van der Waals surface area contributed by atoms with Crippen LogP contribution in [0.5, 0.6) is 11.5 Å². The van der Waals surface area contributed by atoms with Crippen molar-refractivity contribution in [2.24, 2.45) is 0 Å². The number of para-hydroxylation sites is 3. The van der Waals surface area contributed by atoms with Gasteiger partial charge in [-0.15, -0.1) is 0 Å². The van der Waals surface area contributed by atoms with Crippen molar-refractivity contribution in [3.05, 3.63) is 121 Å². The Balaban J connectivity index is 1.60. The van der Waals surface area contributed by atoms with E-state index in [0.717, 1.165) is 5.56 Å². The number of anilines is 1. The van der Waals surface area contributed by atoms with Crippen LogP contribution in [-0.2, 0) is 15.9 Å². The largest absolute Gasteiger partial charge is 0.464 e. The molecule has 4 rings (SSSR count). The molecule has 0 unspecified atom stereocenters. The highest BCUT2D eigenvalue weighted by Crippen LogP contribution is 2.49. The Kier molecular flexibility index (Phi) is 7.08. The summed E-state index contributed by atoms with van der Waals surface area (Å²) in [6.07, 6.45) is -0.683. The van der Waals surface area contributed by atoms with Gasteiger partial charge in [0.1, 0.15) is 23.4 Å². The second kappa shape index (κ2) is 10.5. The van der Waals surface area contributed by atoms with Crippen molar-refractivity contribution >= 4 is 24.7 Å². The van der Waals surface area contributed by atoms with Crippen LogP contribution in [0.3, 0.4) is 0 Å². The van der Waals surface area contributed by atoms with Gasteiger partial charge in [0, 0.05) is 0 Å². The molecule has 0 heterocycles. The Hall–Kier alpha value is -4.02. The highest BCUT2D eigenvalue weighted by molar-refractivity contribution is 7.63. The number of carbonyl (C=O) groups excluding carboxylic acids is 1. The van der Waals surface area contributed by atoms with E-state index in [-0.39, 0.29) is 17.6 Å². The average molecular weight is 459 g/mol. The standard InChI is InChI=1S/C26H22NO5P/c28-26(30-20-21-12-4-1-5-13-21)27-24-18-10-11-19-25(24)33(29,31-22-14-6-2-7-15-22)32-23-16-8-3-9-17-23/h1-19H,20H2,(H,27,28). The first-order valence-corrected chi connectivity index (χ1v) is 11.8. The Bertz CT molecular complexity index is 1190. The Morgan fingerprint density at radius 1 is 0.667 bits per heavy atom. The summed E-state index contributed by atoms with van der Waals surface area (Å²) in [4.78, 5) is 12.5. The predicted molar refractivity (Wildman–Crippen MR) is 128 cm³/mol. The van der Waals surface area contributed by atoms with Crippen LogP contribution in [0, 0.1) is 0 Å². The minimum absolute atomic E-state index is 0.105. The molecule has 0 atom stereocenters. The van der Waals surface area contributed by atoms with E-state index >= 15 is 0 Å². The summed E-state index contributed by atoms with van der Waals surface area (Å²) < 4.78 is 31.2. The SMILES string of the molecule is O=C(Nc1ccccc1P(=O)(Oc1ccccc1)Oc1ccccc1)OCc1ccccc1.